The van der Waals surface area contributed by atoms with Crippen LogP contribution in [0.15, 0.2) is 53.0 Å². The number of aryl methyl sites for hydroxylation is 1. The molecule has 1 aliphatic carbocycles. The summed E-state index contributed by atoms with van der Waals surface area (Å²) in [5.74, 6) is -0.726. The van der Waals surface area contributed by atoms with Crippen LogP contribution in [0.3, 0.4) is 0 Å². The maximum atomic E-state index is 13.1. The number of fused-ring (bicyclic) bond motifs is 2. The van der Waals surface area contributed by atoms with Crippen molar-refractivity contribution in [2.45, 2.75) is 31.3 Å². The smallest absolute Gasteiger partial charge is 0.325 e. The molecule has 0 aromatic heterocycles. The second-order valence-electron chi connectivity index (χ2n) is 7.22. The molecule has 2 atom stereocenters. The summed E-state index contributed by atoms with van der Waals surface area (Å²) in [6.45, 7) is 1.57. The zero-order chi connectivity index (χ0) is 19.9. The molecule has 0 radical (unpaired) electrons. The first kappa shape index (κ1) is 18.7. The number of carbonyl (C=O) groups is 3. The molecule has 1 fully saturated rings. The Kier molecular flexibility index (Phi) is 4.71. The van der Waals surface area contributed by atoms with Crippen LogP contribution >= 0.6 is 15.9 Å². The van der Waals surface area contributed by atoms with Crippen LogP contribution in [0.5, 0.6) is 0 Å². The maximum Gasteiger partial charge on any atom is 0.325 e. The third-order valence-corrected chi connectivity index (χ3v) is 6.00. The Morgan fingerprint density at radius 2 is 1.93 bits per heavy atom. The molecule has 2 aromatic carbocycles. The van der Waals surface area contributed by atoms with Gasteiger partial charge in [0.25, 0.3) is 5.91 Å². The van der Waals surface area contributed by atoms with E-state index in [1.165, 1.54) is 0 Å². The number of hydrogen-bond donors (Lipinski definition) is 2. The molecular weight excluding hydrogens is 422 g/mol. The maximum absolute atomic E-state index is 13.1. The predicted octanol–water partition coefficient (Wildman–Crippen LogP) is 3.02. The van der Waals surface area contributed by atoms with Crippen molar-refractivity contribution >= 4 is 33.8 Å². The third-order valence-electron chi connectivity index (χ3n) is 5.47. The van der Waals surface area contributed by atoms with Gasteiger partial charge in [0.1, 0.15) is 12.1 Å². The molecule has 1 heterocycles. The second-order valence-corrected chi connectivity index (χ2v) is 8.14. The molecular formula is C21H20BrN3O3. The number of nitrogens with zero attached hydrogens (tertiary/aromatic N) is 1. The van der Waals surface area contributed by atoms with E-state index in [0.717, 1.165) is 32.5 Å². The molecule has 4 rings (SSSR count). The van der Waals surface area contributed by atoms with E-state index in [4.69, 9.17) is 0 Å². The summed E-state index contributed by atoms with van der Waals surface area (Å²) in [6, 6.07) is 14.5. The largest absolute Gasteiger partial charge is 0.348 e. The minimum Gasteiger partial charge on any atom is -0.348 e. The lowest BCUT2D eigenvalue weighted by Gasteiger charge is -2.22. The SMILES string of the molecule is C[C@H](NC(=O)CN1C(=O)N[C@]2(CCc3ccccc32)C1=O)c1ccc(Br)cc1. The number of urea groups is 1. The van der Waals surface area contributed by atoms with E-state index in [2.05, 4.69) is 26.6 Å². The first-order valence-electron chi connectivity index (χ1n) is 9.18. The van der Waals surface area contributed by atoms with Gasteiger partial charge in [-0.2, -0.15) is 0 Å². The van der Waals surface area contributed by atoms with Crippen LogP contribution < -0.4 is 10.6 Å². The highest BCUT2D eigenvalue weighted by Crippen LogP contribution is 2.41. The van der Waals surface area contributed by atoms with E-state index >= 15 is 0 Å². The molecule has 0 saturated carbocycles. The fourth-order valence-corrected chi connectivity index (χ4v) is 4.26. The first-order valence-corrected chi connectivity index (χ1v) is 9.97. The molecule has 2 aromatic rings. The van der Waals surface area contributed by atoms with Gasteiger partial charge in [-0.05, 0) is 48.6 Å². The van der Waals surface area contributed by atoms with Gasteiger partial charge in [0.2, 0.25) is 5.91 Å². The Labute approximate surface area is 171 Å². The van der Waals surface area contributed by atoms with Gasteiger partial charge in [-0.15, -0.1) is 0 Å². The predicted molar refractivity (Wildman–Crippen MR) is 107 cm³/mol. The lowest BCUT2D eigenvalue weighted by Crippen LogP contribution is -2.44. The number of rotatable bonds is 4. The molecule has 2 aliphatic rings. The van der Waals surface area contributed by atoms with Gasteiger partial charge in [-0.1, -0.05) is 52.3 Å². The van der Waals surface area contributed by atoms with E-state index in [9.17, 15) is 14.4 Å². The Hall–Kier alpha value is -2.67. The quantitative estimate of drug-likeness (QED) is 0.715. The fourth-order valence-electron chi connectivity index (χ4n) is 4.00. The van der Waals surface area contributed by atoms with Crippen molar-refractivity contribution in [1.82, 2.24) is 15.5 Å². The van der Waals surface area contributed by atoms with Crippen LogP contribution in [0, 0.1) is 0 Å². The van der Waals surface area contributed by atoms with Crippen LogP contribution in [0.4, 0.5) is 4.79 Å². The van der Waals surface area contributed by atoms with Gasteiger partial charge in [-0.3, -0.25) is 14.5 Å². The van der Waals surface area contributed by atoms with Crippen LogP contribution in [0.25, 0.3) is 0 Å². The summed E-state index contributed by atoms with van der Waals surface area (Å²) in [7, 11) is 0. The van der Waals surface area contributed by atoms with E-state index in [1.54, 1.807) is 0 Å². The van der Waals surface area contributed by atoms with Gasteiger partial charge in [0, 0.05) is 4.47 Å². The van der Waals surface area contributed by atoms with Gasteiger partial charge < -0.3 is 10.6 Å². The molecule has 2 N–H and O–H groups in total. The summed E-state index contributed by atoms with van der Waals surface area (Å²) in [5.41, 5.74) is 1.80. The normalized spacial score (nSPS) is 21.6. The van der Waals surface area contributed by atoms with Crippen LogP contribution in [0.2, 0.25) is 0 Å². The molecule has 1 spiro atoms. The number of imide groups is 1. The second kappa shape index (κ2) is 7.05. The van der Waals surface area contributed by atoms with Crippen molar-refractivity contribution in [3.63, 3.8) is 0 Å². The number of benzene rings is 2. The Morgan fingerprint density at radius 3 is 2.68 bits per heavy atom. The highest BCUT2D eigenvalue weighted by atomic mass is 79.9. The Morgan fingerprint density at radius 1 is 1.21 bits per heavy atom. The first-order chi connectivity index (χ1) is 13.4. The topological polar surface area (TPSA) is 78.5 Å². The fraction of sp³-hybridized carbons (Fsp3) is 0.286. The number of hydrogen-bond acceptors (Lipinski definition) is 3. The standard InChI is InChI=1S/C21H20BrN3O3/c1-13(14-6-8-16(22)9-7-14)23-18(26)12-25-19(27)21(24-20(25)28)11-10-15-4-2-3-5-17(15)21/h2-9,13H,10-12H2,1H3,(H,23,26)(H,24,28)/t13-,21-/m0/s1. The highest BCUT2D eigenvalue weighted by Gasteiger charge is 2.55. The number of amides is 4. The Balaban J connectivity index is 1.47. The van der Waals surface area contributed by atoms with E-state index < -0.39 is 11.6 Å². The highest BCUT2D eigenvalue weighted by molar-refractivity contribution is 9.10. The molecule has 6 nitrogen and oxygen atoms in total. The van der Waals surface area contributed by atoms with Crippen molar-refractivity contribution < 1.29 is 14.4 Å². The van der Waals surface area contributed by atoms with Gasteiger partial charge in [-0.25, -0.2) is 4.79 Å². The third kappa shape index (κ3) is 3.09. The summed E-state index contributed by atoms with van der Waals surface area (Å²) in [5, 5.41) is 5.69. The van der Waals surface area contributed by atoms with Gasteiger partial charge in [0.15, 0.2) is 0 Å². The van der Waals surface area contributed by atoms with Crippen molar-refractivity contribution in [3.8, 4) is 0 Å². The van der Waals surface area contributed by atoms with E-state index in [1.807, 2.05) is 55.5 Å². The number of halogens is 1. The van der Waals surface area contributed by atoms with Crippen LogP contribution in [0.1, 0.15) is 36.1 Å². The van der Waals surface area contributed by atoms with Crippen LogP contribution in [-0.4, -0.2) is 29.3 Å². The molecule has 1 aliphatic heterocycles. The average molecular weight is 442 g/mol. The summed E-state index contributed by atoms with van der Waals surface area (Å²) >= 11 is 3.38. The molecule has 1 saturated heterocycles. The van der Waals surface area contributed by atoms with Gasteiger partial charge >= 0.3 is 6.03 Å². The summed E-state index contributed by atoms with van der Waals surface area (Å²) in [4.78, 5) is 39.1. The molecule has 0 unspecified atom stereocenters. The molecule has 28 heavy (non-hydrogen) atoms. The molecule has 144 valence electrons. The zero-order valence-electron chi connectivity index (χ0n) is 15.4. The monoisotopic (exact) mass is 441 g/mol. The number of nitrogens with one attached hydrogen (secondary N) is 2. The summed E-state index contributed by atoms with van der Waals surface area (Å²) in [6.07, 6.45) is 1.24. The van der Waals surface area contributed by atoms with E-state index in [-0.39, 0.29) is 24.4 Å². The van der Waals surface area contributed by atoms with Crippen molar-refractivity contribution in [2.24, 2.45) is 0 Å². The molecule has 0 bridgehead atoms. The Bertz CT molecular complexity index is 960. The van der Waals surface area contributed by atoms with Gasteiger partial charge in [0.05, 0.1) is 6.04 Å². The van der Waals surface area contributed by atoms with Crippen molar-refractivity contribution in [2.75, 3.05) is 6.54 Å². The minimum atomic E-state index is -1.04. The van der Waals surface area contributed by atoms with Crippen LogP contribution in [-0.2, 0) is 21.5 Å². The lowest BCUT2D eigenvalue weighted by atomic mass is 9.92. The number of carbonyl (C=O) groups excluding carboxylic acids is 3. The van der Waals surface area contributed by atoms with Crippen molar-refractivity contribution in [3.05, 3.63) is 69.7 Å². The lowest BCUT2D eigenvalue weighted by molar-refractivity contribution is -0.135. The summed E-state index contributed by atoms with van der Waals surface area (Å²) < 4.78 is 0.955. The zero-order valence-corrected chi connectivity index (χ0v) is 17.0. The van der Waals surface area contributed by atoms with Crippen molar-refractivity contribution in [1.29, 1.82) is 0 Å². The minimum absolute atomic E-state index is 0.234. The van der Waals surface area contributed by atoms with E-state index in [0.29, 0.717) is 6.42 Å². The molecule has 4 amide bonds. The molecule has 7 heteroatoms. The average Bonchev–Trinajstić information content (AvgIpc) is 3.16.